The van der Waals surface area contributed by atoms with Gasteiger partial charge in [0, 0.05) is 12.8 Å². The second kappa shape index (κ2) is 57.1. The number of nitrogens with zero attached hydrogens (tertiary/aromatic N) is 1. The van der Waals surface area contributed by atoms with Crippen LogP contribution in [0, 0.1) is 0 Å². The number of quaternary nitrogens is 1. The van der Waals surface area contributed by atoms with Gasteiger partial charge in [0.2, 0.25) is 0 Å². The maximum Gasteiger partial charge on any atom is 0.306 e. The maximum atomic E-state index is 12.9. The Morgan fingerprint density at radius 1 is 0.408 bits per heavy atom. The molecule has 0 aliphatic carbocycles. The molecule has 434 valence electrons. The summed E-state index contributed by atoms with van der Waals surface area (Å²) in [5.41, 5.74) is 0. The quantitative estimate of drug-likeness (QED) is 0.0195. The molecular weight excluding hydrogens is 947 g/mol. The summed E-state index contributed by atoms with van der Waals surface area (Å²) in [5, 5.41) is 11.8. The highest BCUT2D eigenvalue weighted by molar-refractivity contribution is 5.70. The van der Waals surface area contributed by atoms with Crippen molar-refractivity contribution in [1.82, 2.24) is 0 Å². The molecular formula is C67H113NO8. The Balaban J connectivity index is 4.17. The van der Waals surface area contributed by atoms with E-state index < -0.39 is 24.3 Å². The zero-order valence-electron chi connectivity index (χ0n) is 49.3. The molecule has 0 aromatic rings. The minimum absolute atomic E-state index is 0.143. The van der Waals surface area contributed by atoms with E-state index in [0.29, 0.717) is 17.4 Å². The second-order valence-electron chi connectivity index (χ2n) is 21.3. The molecule has 0 saturated heterocycles. The lowest BCUT2D eigenvalue weighted by Gasteiger charge is -2.26. The van der Waals surface area contributed by atoms with Crippen LogP contribution in [0.5, 0.6) is 0 Å². The number of rotatable bonds is 55. The number of carboxylic acid groups (broad SMARTS) is 1. The topological polar surface area (TPSA) is 111 Å². The third-order valence-corrected chi connectivity index (χ3v) is 12.8. The number of carbonyl (C=O) groups is 3. The SMILES string of the molecule is CC/C=C\C/C=C\C/C=C\C/C=C\C/C=C\C/C=C\C/C=C\C/C=C\C/C=C\CCCCCCCCCCCC(=O)OC(COC(=O)CCCCCCCCCCCCCCCC)COC(OCC[N+](C)(C)C)C(=O)[O-]. The summed E-state index contributed by atoms with van der Waals surface area (Å²) in [4.78, 5) is 37.3. The van der Waals surface area contributed by atoms with Crippen molar-refractivity contribution in [3.8, 4) is 0 Å². The van der Waals surface area contributed by atoms with Crippen LogP contribution in [-0.2, 0) is 33.3 Å². The molecule has 76 heavy (non-hydrogen) atoms. The third kappa shape index (κ3) is 57.7. The van der Waals surface area contributed by atoms with Gasteiger partial charge in [0.25, 0.3) is 0 Å². The second-order valence-corrected chi connectivity index (χ2v) is 21.3. The largest absolute Gasteiger partial charge is 0.545 e. The van der Waals surface area contributed by atoms with Crippen molar-refractivity contribution in [2.45, 2.75) is 251 Å². The summed E-state index contributed by atoms with van der Waals surface area (Å²) < 4.78 is 22.7. The van der Waals surface area contributed by atoms with E-state index in [9.17, 15) is 19.5 Å². The Kier molecular flexibility index (Phi) is 54.1. The van der Waals surface area contributed by atoms with Gasteiger partial charge in [-0.15, -0.1) is 0 Å². The highest BCUT2D eigenvalue weighted by Gasteiger charge is 2.22. The summed E-state index contributed by atoms with van der Waals surface area (Å²) in [6.07, 6.45) is 75.7. The molecule has 0 saturated carbocycles. The predicted molar refractivity (Wildman–Crippen MR) is 320 cm³/mol. The summed E-state index contributed by atoms with van der Waals surface area (Å²) in [6.45, 7) is 4.62. The van der Waals surface area contributed by atoms with Crippen LogP contribution in [0.2, 0.25) is 0 Å². The number of allylic oxidation sites excluding steroid dienone is 18. The van der Waals surface area contributed by atoms with E-state index in [-0.39, 0.29) is 38.6 Å². The Morgan fingerprint density at radius 2 is 0.750 bits per heavy atom. The summed E-state index contributed by atoms with van der Waals surface area (Å²) in [7, 11) is 5.91. The van der Waals surface area contributed by atoms with Gasteiger partial charge in [-0.3, -0.25) is 9.59 Å². The smallest absolute Gasteiger partial charge is 0.306 e. The molecule has 0 aromatic carbocycles. The molecule has 0 aliphatic heterocycles. The molecule has 2 unspecified atom stereocenters. The maximum absolute atomic E-state index is 12.9. The van der Waals surface area contributed by atoms with Gasteiger partial charge in [0.15, 0.2) is 12.4 Å². The number of carboxylic acids is 1. The molecule has 0 aliphatic rings. The van der Waals surface area contributed by atoms with Crippen LogP contribution in [0.3, 0.4) is 0 Å². The fraction of sp³-hybridized carbons (Fsp3) is 0.687. The van der Waals surface area contributed by atoms with Crippen molar-refractivity contribution in [3.05, 3.63) is 109 Å². The van der Waals surface area contributed by atoms with Gasteiger partial charge in [-0.05, 0) is 83.5 Å². The third-order valence-electron chi connectivity index (χ3n) is 12.8. The monoisotopic (exact) mass is 1060 g/mol. The lowest BCUT2D eigenvalue weighted by atomic mass is 10.0. The Labute approximate surface area is 466 Å². The van der Waals surface area contributed by atoms with Gasteiger partial charge in [0.05, 0.1) is 40.3 Å². The van der Waals surface area contributed by atoms with Crippen molar-refractivity contribution >= 4 is 17.9 Å². The molecule has 0 heterocycles. The number of esters is 2. The molecule has 0 aromatic heterocycles. The standard InChI is InChI=1S/C67H113NO8/c1-6-8-10-12-14-16-18-20-22-23-24-25-26-27-28-29-30-31-32-33-34-35-36-37-38-39-40-41-42-43-44-46-48-50-52-54-56-58-65(70)76-63(62-75-67(66(71)72)73-60-59-68(3,4)5)61-74-64(69)57-55-53-51-49-47-45-21-19-17-15-13-11-9-7-2/h8,10,14,16,20,22,24-25,27-28,30-31,33-34,36-37,39-40,63,67H,6-7,9,11-13,15,17-19,21,23,26,29,32,35,38,41-62H2,1-5H3/b10-8-,16-14-,22-20-,25-24-,28-27-,31-30-,34-33-,37-36-,40-39-. The summed E-state index contributed by atoms with van der Waals surface area (Å²) in [5.74, 6) is -2.29. The number of ether oxygens (including phenoxy) is 4. The first-order valence-corrected chi connectivity index (χ1v) is 30.5. The molecule has 0 fully saturated rings. The van der Waals surface area contributed by atoms with E-state index >= 15 is 0 Å². The average Bonchev–Trinajstić information content (AvgIpc) is 3.39. The van der Waals surface area contributed by atoms with Crippen LogP contribution in [0.1, 0.15) is 239 Å². The highest BCUT2D eigenvalue weighted by Crippen LogP contribution is 2.16. The highest BCUT2D eigenvalue weighted by atomic mass is 16.7. The molecule has 2 atom stereocenters. The molecule has 9 nitrogen and oxygen atoms in total. The molecule has 0 bridgehead atoms. The number of hydrogen-bond donors (Lipinski definition) is 0. The molecule has 9 heteroatoms. The van der Waals surface area contributed by atoms with Crippen molar-refractivity contribution in [1.29, 1.82) is 0 Å². The van der Waals surface area contributed by atoms with Crippen LogP contribution >= 0.6 is 0 Å². The van der Waals surface area contributed by atoms with Gasteiger partial charge < -0.3 is 33.3 Å². The lowest BCUT2D eigenvalue weighted by Crippen LogP contribution is -2.44. The van der Waals surface area contributed by atoms with E-state index in [1.807, 2.05) is 21.1 Å². The first kappa shape index (κ1) is 72.0. The van der Waals surface area contributed by atoms with Gasteiger partial charge in [-0.25, -0.2) is 0 Å². The van der Waals surface area contributed by atoms with Gasteiger partial charge in [-0.2, -0.15) is 0 Å². The summed E-state index contributed by atoms with van der Waals surface area (Å²) >= 11 is 0. The van der Waals surface area contributed by atoms with Crippen LogP contribution < -0.4 is 5.11 Å². The van der Waals surface area contributed by atoms with Crippen LogP contribution in [-0.4, -0.2) is 82.3 Å². The van der Waals surface area contributed by atoms with E-state index in [1.54, 1.807) is 0 Å². The minimum Gasteiger partial charge on any atom is -0.545 e. The molecule has 0 spiro atoms. The van der Waals surface area contributed by atoms with Crippen molar-refractivity contribution in [2.75, 3.05) is 47.5 Å². The zero-order chi connectivity index (χ0) is 55.5. The minimum atomic E-state index is -1.63. The molecule has 0 amide bonds. The van der Waals surface area contributed by atoms with Crippen molar-refractivity contribution in [2.24, 2.45) is 0 Å². The van der Waals surface area contributed by atoms with Crippen LogP contribution in [0.15, 0.2) is 109 Å². The van der Waals surface area contributed by atoms with Gasteiger partial charge >= 0.3 is 11.9 Å². The fourth-order valence-corrected chi connectivity index (χ4v) is 8.12. The first-order valence-electron chi connectivity index (χ1n) is 30.5. The van der Waals surface area contributed by atoms with E-state index in [0.717, 1.165) is 103 Å². The predicted octanol–water partition coefficient (Wildman–Crippen LogP) is 17.0. The van der Waals surface area contributed by atoms with Crippen LogP contribution in [0.4, 0.5) is 0 Å². The Morgan fingerprint density at radius 3 is 1.12 bits per heavy atom. The number of aliphatic carboxylic acids is 1. The van der Waals surface area contributed by atoms with Crippen molar-refractivity contribution in [3.63, 3.8) is 0 Å². The van der Waals surface area contributed by atoms with E-state index in [1.165, 1.54) is 103 Å². The number of likely N-dealkylation sites (N-methyl/N-ethyl adjacent to an activating group) is 1. The van der Waals surface area contributed by atoms with Gasteiger partial charge in [0.1, 0.15) is 13.2 Å². The molecule has 0 rings (SSSR count). The zero-order valence-corrected chi connectivity index (χ0v) is 49.3. The van der Waals surface area contributed by atoms with E-state index in [4.69, 9.17) is 18.9 Å². The van der Waals surface area contributed by atoms with E-state index in [2.05, 4.69) is 123 Å². The summed E-state index contributed by atoms with van der Waals surface area (Å²) in [6, 6.07) is 0. The van der Waals surface area contributed by atoms with Crippen LogP contribution in [0.25, 0.3) is 0 Å². The first-order chi connectivity index (χ1) is 37.1. The molecule has 0 N–H and O–H groups in total. The Bertz CT molecular complexity index is 1610. The normalized spacial score (nSPS) is 13.5. The number of hydrogen-bond acceptors (Lipinski definition) is 8. The van der Waals surface area contributed by atoms with Gasteiger partial charge in [-0.1, -0.05) is 252 Å². The van der Waals surface area contributed by atoms with Crippen molar-refractivity contribution < 1.29 is 42.9 Å². The molecule has 0 radical (unpaired) electrons. The number of carbonyl (C=O) groups excluding carboxylic acids is 3. The Hall–Kier alpha value is -4.05. The lowest BCUT2D eigenvalue weighted by molar-refractivity contribution is -0.870. The average molecular weight is 1060 g/mol. The number of unbranched alkanes of at least 4 members (excludes halogenated alkanes) is 22. The fourth-order valence-electron chi connectivity index (χ4n) is 8.12.